The van der Waals surface area contributed by atoms with Crippen LogP contribution >= 0.6 is 0 Å². The van der Waals surface area contributed by atoms with Crippen LogP contribution in [-0.2, 0) is 11.3 Å². The van der Waals surface area contributed by atoms with Crippen molar-refractivity contribution in [1.82, 2.24) is 15.1 Å². The van der Waals surface area contributed by atoms with E-state index in [-0.39, 0.29) is 11.9 Å². The first-order chi connectivity index (χ1) is 14.8. The average molecular weight is 408 g/mol. The van der Waals surface area contributed by atoms with Crippen molar-refractivity contribution >= 4 is 5.91 Å². The van der Waals surface area contributed by atoms with Gasteiger partial charge in [0.05, 0.1) is 19.3 Å². The lowest BCUT2D eigenvalue weighted by atomic mass is 10.0. The van der Waals surface area contributed by atoms with E-state index in [1.165, 1.54) is 37.9 Å². The van der Waals surface area contributed by atoms with E-state index in [1.54, 1.807) is 0 Å². The second kappa shape index (κ2) is 10.7. The number of hydrogen-bond acceptors (Lipinski definition) is 4. The molecule has 30 heavy (non-hydrogen) atoms. The first kappa shape index (κ1) is 21.0. The van der Waals surface area contributed by atoms with Crippen molar-refractivity contribution in [3.63, 3.8) is 0 Å². The molecule has 2 heterocycles. The minimum absolute atomic E-state index is 0.0124. The molecular weight excluding hydrogens is 374 g/mol. The molecule has 2 aliphatic rings. The van der Waals surface area contributed by atoms with Crippen LogP contribution in [0.5, 0.6) is 0 Å². The number of carbonyl (C=O) groups excluding carboxylic acids is 1. The molecular formula is C25H33N3O2. The number of morpholine rings is 1. The average Bonchev–Trinajstić information content (AvgIpc) is 2.81. The standard InChI is InChI=1S/C25H33N3O2/c29-25(23-11-9-21(10-12-23)19-27-13-5-2-6-14-27)26-24(22-7-3-1-4-8-22)20-28-15-17-30-18-16-28/h1,3-4,7-12,24H,2,5-6,13-20H2,(H,26,29). The summed E-state index contributed by atoms with van der Waals surface area (Å²) in [6.45, 7) is 7.47. The van der Waals surface area contributed by atoms with Crippen LogP contribution < -0.4 is 5.32 Å². The van der Waals surface area contributed by atoms with Gasteiger partial charge in [0.25, 0.3) is 5.91 Å². The molecule has 0 radical (unpaired) electrons. The number of benzene rings is 2. The van der Waals surface area contributed by atoms with Crippen molar-refractivity contribution in [3.05, 3.63) is 71.3 Å². The molecule has 2 aromatic carbocycles. The summed E-state index contributed by atoms with van der Waals surface area (Å²) in [5.74, 6) is -0.0124. The third-order valence-electron chi connectivity index (χ3n) is 6.12. The van der Waals surface area contributed by atoms with E-state index < -0.39 is 0 Å². The van der Waals surface area contributed by atoms with Gasteiger partial charge in [0.15, 0.2) is 0 Å². The van der Waals surface area contributed by atoms with Gasteiger partial charge in [-0.2, -0.15) is 0 Å². The van der Waals surface area contributed by atoms with Gasteiger partial charge >= 0.3 is 0 Å². The molecule has 5 nitrogen and oxygen atoms in total. The van der Waals surface area contributed by atoms with Crippen molar-refractivity contribution in [2.45, 2.75) is 31.8 Å². The summed E-state index contributed by atoms with van der Waals surface area (Å²) in [5, 5.41) is 3.27. The van der Waals surface area contributed by atoms with Crippen LogP contribution in [0.25, 0.3) is 0 Å². The zero-order valence-electron chi connectivity index (χ0n) is 17.8. The summed E-state index contributed by atoms with van der Waals surface area (Å²) in [6.07, 6.45) is 3.94. The predicted molar refractivity (Wildman–Crippen MR) is 119 cm³/mol. The van der Waals surface area contributed by atoms with E-state index in [9.17, 15) is 4.79 Å². The third kappa shape index (κ3) is 5.91. The van der Waals surface area contributed by atoms with Crippen LogP contribution in [0.3, 0.4) is 0 Å². The normalized spacial score (nSPS) is 19.3. The molecule has 1 amide bonds. The molecule has 2 aromatic rings. The summed E-state index contributed by atoms with van der Waals surface area (Å²) in [5.41, 5.74) is 3.14. The lowest BCUT2D eigenvalue weighted by molar-refractivity contribution is 0.0332. The maximum Gasteiger partial charge on any atom is 0.251 e. The van der Waals surface area contributed by atoms with Gasteiger partial charge < -0.3 is 10.1 Å². The molecule has 2 fully saturated rings. The Morgan fingerprint density at radius 3 is 2.27 bits per heavy atom. The topological polar surface area (TPSA) is 44.8 Å². The summed E-state index contributed by atoms with van der Waals surface area (Å²) < 4.78 is 5.47. The molecule has 5 heteroatoms. The van der Waals surface area contributed by atoms with Crippen molar-refractivity contribution in [3.8, 4) is 0 Å². The van der Waals surface area contributed by atoms with E-state index in [0.29, 0.717) is 0 Å². The fourth-order valence-corrected chi connectivity index (χ4v) is 4.34. The van der Waals surface area contributed by atoms with Gasteiger partial charge in [-0.1, -0.05) is 48.9 Å². The van der Waals surface area contributed by atoms with Crippen LogP contribution in [0, 0.1) is 0 Å². The van der Waals surface area contributed by atoms with Crippen molar-refractivity contribution in [2.24, 2.45) is 0 Å². The Hall–Kier alpha value is -2.21. The lowest BCUT2D eigenvalue weighted by Crippen LogP contribution is -2.43. The van der Waals surface area contributed by atoms with Gasteiger partial charge in [0.1, 0.15) is 0 Å². The Labute approximate surface area is 180 Å². The summed E-state index contributed by atoms with van der Waals surface area (Å²) in [4.78, 5) is 17.9. The molecule has 0 aliphatic carbocycles. The summed E-state index contributed by atoms with van der Waals surface area (Å²) >= 11 is 0. The molecule has 0 bridgehead atoms. The number of nitrogens with zero attached hydrogens (tertiary/aromatic N) is 2. The molecule has 160 valence electrons. The van der Waals surface area contributed by atoms with Crippen LogP contribution in [0.2, 0.25) is 0 Å². The number of ether oxygens (including phenoxy) is 1. The molecule has 4 rings (SSSR count). The minimum Gasteiger partial charge on any atom is -0.379 e. The summed E-state index contributed by atoms with van der Waals surface area (Å²) in [7, 11) is 0. The Morgan fingerprint density at radius 1 is 0.867 bits per heavy atom. The first-order valence-corrected chi connectivity index (χ1v) is 11.3. The number of piperidine rings is 1. The van der Waals surface area contributed by atoms with Gasteiger partial charge in [-0.3, -0.25) is 14.6 Å². The molecule has 1 N–H and O–H groups in total. The van der Waals surface area contributed by atoms with E-state index >= 15 is 0 Å². The molecule has 1 unspecified atom stereocenters. The van der Waals surface area contributed by atoms with Crippen LogP contribution in [-0.4, -0.2) is 61.6 Å². The maximum absolute atomic E-state index is 13.0. The second-order valence-corrected chi connectivity index (χ2v) is 8.38. The number of likely N-dealkylation sites (tertiary alicyclic amines) is 1. The molecule has 2 saturated heterocycles. The van der Waals surface area contributed by atoms with Gasteiger partial charge in [-0.15, -0.1) is 0 Å². The van der Waals surface area contributed by atoms with E-state index in [2.05, 4.69) is 39.4 Å². The van der Waals surface area contributed by atoms with Crippen LogP contribution in [0.1, 0.15) is 46.8 Å². The highest BCUT2D eigenvalue weighted by molar-refractivity contribution is 5.94. The largest absolute Gasteiger partial charge is 0.379 e. The lowest BCUT2D eigenvalue weighted by Gasteiger charge is -2.31. The van der Waals surface area contributed by atoms with Crippen LogP contribution in [0.15, 0.2) is 54.6 Å². The zero-order valence-corrected chi connectivity index (χ0v) is 17.8. The predicted octanol–water partition coefficient (Wildman–Crippen LogP) is 3.48. The van der Waals surface area contributed by atoms with Gasteiger partial charge in [-0.05, 0) is 49.2 Å². The summed E-state index contributed by atoms with van der Waals surface area (Å²) in [6, 6.07) is 18.3. The molecule has 0 saturated carbocycles. The fraction of sp³-hybridized carbons (Fsp3) is 0.480. The highest BCUT2D eigenvalue weighted by Crippen LogP contribution is 2.17. The third-order valence-corrected chi connectivity index (χ3v) is 6.12. The second-order valence-electron chi connectivity index (χ2n) is 8.38. The first-order valence-electron chi connectivity index (χ1n) is 11.3. The molecule has 1 atom stereocenters. The zero-order chi connectivity index (χ0) is 20.6. The Morgan fingerprint density at radius 2 is 1.57 bits per heavy atom. The van der Waals surface area contributed by atoms with Crippen molar-refractivity contribution in [1.29, 1.82) is 0 Å². The SMILES string of the molecule is O=C(NC(CN1CCOCC1)c1ccccc1)c1ccc(CN2CCCCC2)cc1. The van der Waals surface area contributed by atoms with Crippen molar-refractivity contribution < 1.29 is 9.53 Å². The number of rotatable bonds is 7. The monoisotopic (exact) mass is 407 g/mol. The maximum atomic E-state index is 13.0. The Bertz CT molecular complexity index is 782. The van der Waals surface area contributed by atoms with Gasteiger partial charge in [0.2, 0.25) is 0 Å². The highest BCUT2D eigenvalue weighted by atomic mass is 16.5. The number of nitrogens with one attached hydrogen (secondary N) is 1. The van der Waals surface area contributed by atoms with E-state index in [4.69, 9.17) is 4.74 Å². The fourth-order valence-electron chi connectivity index (χ4n) is 4.34. The van der Waals surface area contributed by atoms with E-state index in [1.807, 2.05) is 30.3 Å². The number of carbonyl (C=O) groups is 1. The molecule has 0 aromatic heterocycles. The van der Waals surface area contributed by atoms with Gasteiger partial charge in [-0.25, -0.2) is 0 Å². The highest BCUT2D eigenvalue weighted by Gasteiger charge is 2.21. The number of amides is 1. The molecule has 0 spiro atoms. The Balaban J connectivity index is 1.39. The van der Waals surface area contributed by atoms with Crippen molar-refractivity contribution in [2.75, 3.05) is 45.9 Å². The number of hydrogen-bond donors (Lipinski definition) is 1. The van der Waals surface area contributed by atoms with Gasteiger partial charge in [0, 0.05) is 31.7 Å². The Kier molecular flexibility index (Phi) is 7.51. The molecule has 2 aliphatic heterocycles. The smallest absolute Gasteiger partial charge is 0.251 e. The van der Waals surface area contributed by atoms with E-state index in [0.717, 1.165) is 50.5 Å². The van der Waals surface area contributed by atoms with Crippen LogP contribution in [0.4, 0.5) is 0 Å². The quantitative estimate of drug-likeness (QED) is 0.763. The minimum atomic E-state index is -0.0372.